The summed E-state index contributed by atoms with van der Waals surface area (Å²) >= 11 is 0. The molecule has 2 heterocycles. The minimum atomic E-state index is -0.340. The van der Waals surface area contributed by atoms with Crippen molar-refractivity contribution in [3.8, 4) is 0 Å². The SMILES string of the molecule is Cc1ccc([C@H]2CC(c3ccc(C)c(C)c3)=NN2C(=O)CN(C)C(=O)c2ccco2)cc1. The molecule has 0 fully saturated rings. The predicted molar refractivity (Wildman–Crippen MR) is 124 cm³/mol. The minimum absolute atomic E-state index is 0.0917. The van der Waals surface area contributed by atoms with Crippen LogP contribution in [0.3, 0.4) is 0 Å². The second-order valence-electron chi connectivity index (χ2n) is 8.35. The number of hydrogen-bond acceptors (Lipinski definition) is 4. The van der Waals surface area contributed by atoms with Crippen molar-refractivity contribution in [2.24, 2.45) is 5.10 Å². The van der Waals surface area contributed by atoms with Crippen LogP contribution in [0, 0.1) is 20.8 Å². The molecule has 0 aliphatic carbocycles. The van der Waals surface area contributed by atoms with Crippen molar-refractivity contribution in [2.45, 2.75) is 33.2 Å². The first-order valence-electron chi connectivity index (χ1n) is 10.7. The van der Waals surface area contributed by atoms with E-state index in [0.717, 1.165) is 22.4 Å². The second kappa shape index (κ2) is 8.83. The van der Waals surface area contributed by atoms with E-state index in [1.165, 1.54) is 27.3 Å². The number of likely N-dealkylation sites (N-methyl/N-ethyl adjacent to an activating group) is 1. The van der Waals surface area contributed by atoms with E-state index in [4.69, 9.17) is 9.52 Å². The first-order chi connectivity index (χ1) is 15.3. The molecule has 0 unspecified atom stereocenters. The molecule has 164 valence electrons. The molecule has 0 bridgehead atoms. The molecule has 6 nitrogen and oxygen atoms in total. The van der Waals surface area contributed by atoms with Crippen LogP contribution in [0.2, 0.25) is 0 Å². The fourth-order valence-electron chi connectivity index (χ4n) is 3.82. The van der Waals surface area contributed by atoms with Gasteiger partial charge in [-0.1, -0.05) is 42.0 Å². The van der Waals surface area contributed by atoms with Crippen LogP contribution in [0.5, 0.6) is 0 Å². The van der Waals surface area contributed by atoms with Gasteiger partial charge in [-0.3, -0.25) is 9.59 Å². The molecule has 2 amide bonds. The first kappa shape index (κ1) is 21.6. The van der Waals surface area contributed by atoms with Crippen LogP contribution < -0.4 is 0 Å². The maximum Gasteiger partial charge on any atom is 0.289 e. The van der Waals surface area contributed by atoms with Crippen LogP contribution in [0.25, 0.3) is 0 Å². The summed E-state index contributed by atoms with van der Waals surface area (Å²) in [5, 5.41) is 6.25. The molecule has 1 aliphatic rings. The maximum atomic E-state index is 13.3. The summed E-state index contributed by atoms with van der Waals surface area (Å²) in [6, 6.07) is 17.4. The summed E-state index contributed by atoms with van der Waals surface area (Å²) in [5.74, 6) is -0.374. The fraction of sp³-hybridized carbons (Fsp3) is 0.269. The Bertz CT molecular complexity index is 1160. The summed E-state index contributed by atoms with van der Waals surface area (Å²) in [4.78, 5) is 27.2. The number of amides is 2. The summed E-state index contributed by atoms with van der Waals surface area (Å²) in [6.07, 6.45) is 2.06. The van der Waals surface area contributed by atoms with Crippen LogP contribution in [0.1, 0.15) is 50.8 Å². The molecule has 0 saturated carbocycles. The van der Waals surface area contributed by atoms with Gasteiger partial charge in [0.25, 0.3) is 11.8 Å². The number of furan rings is 1. The Hall–Kier alpha value is -3.67. The Kier molecular flexibility index (Phi) is 5.95. The van der Waals surface area contributed by atoms with Crippen LogP contribution in [-0.2, 0) is 4.79 Å². The molecule has 2 aromatic carbocycles. The number of carbonyl (C=O) groups is 2. The molecular weight excluding hydrogens is 402 g/mol. The molecule has 0 N–H and O–H groups in total. The maximum absolute atomic E-state index is 13.3. The number of carbonyl (C=O) groups excluding carboxylic acids is 2. The number of hydrogen-bond donors (Lipinski definition) is 0. The van der Waals surface area contributed by atoms with Crippen molar-refractivity contribution in [1.29, 1.82) is 0 Å². The highest BCUT2D eigenvalue weighted by atomic mass is 16.3. The van der Waals surface area contributed by atoms with E-state index in [-0.39, 0.29) is 30.2 Å². The van der Waals surface area contributed by atoms with Crippen LogP contribution in [-0.4, -0.2) is 41.0 Å². The van der Waals surface area contributed by atoms with Gasteiger partial charge in [-0.05, 0) is 61.2 Å². The largest absolute Gasteiger partial charge is 0.459 e. The van der Waals surface area contributed by atoms with Gasteiger partial charge in [-0.25, -0.2) is 5.01 Å². The summed E-state index contributed by atoms with van der Waals surface area (Å²) in [7, 11) is 1.59. The standard InChI is InChI=1S/C26H27N3O3/c1-17-7-10-20(11-8-17)23-15-22(21-12-9-18(2)19(3)14-21)27-29(23)25(30)16-28(4)26(31)24-6-5-13-32-24/h5-14,23H,15-16H2,1-4H3/t23-/m1/s1. The Morgan fingerprint density at radius 3 is 2.47 bits per heavy atom. The normalized spacial score (nSPS) is 15.6. The Balaban J connectivity index is 1.61. The van der Waals surface area contributed by atoms with E-state index < -0.39 is 0 Å². The number of benzene rings is 2. The number of nitrogens with zero attached hydrogens (tertiary/aromatic N) is 3. The summed E-state index contributed by atoms with van der Waals surface area (Å²) < 4.78 is 5.18. The minimum Gasteiger partial charge on any atom is -0.459 e. The fourth-order valence-corrected chi connectivity index (χ4v) is 3.82. The molecule has 1 aliphatic heterocycles. The van der Waals surface area contributed by atoms with Crippen LogP contribution in [0.4, 0.5) is 0 Å². The molecule has 3 aromatic rings. The van der Waals surface area contributed by atoms with Gasteiger partial charge in [0.1, 0.15) is 6.54 Å². The van der Waals surface area contributed by atoms with Crippen molar-refractivity contribution in [1.82, 2.24) is 9.91 Å². The lowest BCUT2D eigenvalue weighted by atomic mass is 9.96. The van der Waals surface area contributed by atoms with Crippen LogP contribution >= 0.6 is 0 Å². The Labute approximate surface area is 188 Å². The highest BCUT2D eigenvalue weighted by molar-refractivity contribution is 6.03. The molecular formula is C26H27N3O3. The van der Waals surface area contributed by atoms with Gasteiger partial charge in [-0.15, -0.1) is 0 Å². The van der Waals surface area contributed by atoms with Gasteiger partial charge >= 0.3 is 0 Å². The zero-order chi connectivity index (χ0) is 22.8. The lowest BCUT2D eigenvalue weighted by molar-refractivity contribution is -0.133. The molecule has 1 aromatic heterocycles. The third kappa shape index (κ3) is 4.35. The van der Waals surface area contributed by atoms with Gasteiger partial charge in [0.05, 0.1) is 18.0 Å². The summed E-state index contributed by atoms with van der Waals surface area (Å²) in [5.41, 5.74) is 6.46. The van der Waals surface area contributed by atoms with E-state index in [1.54, 1.807) is 19.2 Å². The van der Waals surface area contributed by atoms with E-state index in [1.807, 2.05) is 37.3 Å². The zero-order valence-electron chi connectivity index (χ0n) is 18.8. The number of hydrazone groups is 1. The number of rotatable bonds is 5. The van der Waals surface area contributed by atoms with Crippen molar-refractivity contribution in [3.05, 3.63) is 94.4 Å². The quantitative estimate of drug-likeness (QED) is 0.593. The third-order valence-electron chi connectivity index (χ3n) is 5.92. The van der Waals surface area contributed by atoms with Crippen molar-refractivity contribution in [3.63, 3.8) is 0 Å². The van der Waals surface area contributed by atoms with Gasteiger partial charge in [0.15, 0.2) is 5.76 Å². The van der Waals surface area contributed by atoms with Crippen molar-refractivity contribution in [2.75, 3.05) is 13.6 Å². The topological polar surface area (TPSA) is 66.1 Å². The third-order valence-corrected chi connectivity index (χ3v) is 5.92. The smallest absolute Gasteiger partial charge is 0.289 e. The lowest BCUT2D eigenvalue weighted by Gasteiger charge is -2.24. The predicted octanol–water partition coefficient (Wildman–Crippen LogP) is 4.65. The van der Waals surface area contributed by atoms with Gasteiger partial charge in [0, 0.05) is 13.5 Å². The van der Waals surface area contributed by atoms with Crippen LogP contribution in [0.15, 0.2) is 70.4 Å². The highest BCUT2D eigenvalue weighted by Gasteiger charge is 2.34. The van der Waals surface area contributed by atoms with E-state index in [2.05, 4.69) is 26.0 Å². The molecule has 0 radical (unpaired) electrons. The molecule has 32 heavy (non-hydrogen) atoms. The monoisotopic (exact) mass is 429 g/mol. The Morgan fingerprint density at radius 2 is 1.81 bits per heavy atom. The van der Waals surface area contributed by atoms with Crippen molar-refractivity contribution >= 4 is 17.5 Å². The van der Waals surface area contributed by atoms with E-state index >= 15 is 0 Å². The number of aryl methyl sites for hydroxylation is 3. The average molecular weight is 430 g/mol. The zero-order valence-corrected chi connectivity index (χ0v) is 18.8. The second-order valence-corrected chi connectivity index (χ2v) is 8.35. The van der Waals surface area contributed by atoms with Gasteiger partial charge in [0.2, 0.25) is 0 Å². The van der Waals surface area contributed by atoms with Gasteiger partial charge in [-0.2, -0.15) is 5.10 Å². The van der Waals surface area contributed by atoms with E-state index in [9.17, 15) is 9.59 Å². The molecule has 6 heteroatoms. The summed E-state index contributed by atoms with van der Waals surface area (Å²) in [6.45, 7) is 6.09. The molecule has 0 saturated heterocycles. The van der Waals surface area contributed by atoms with Crippen molar-refractivity contribution < 1.29 is 14.0 Å². The lowest BCUT2D eigenvalue weighted by Crippen LogP contribution is -2.39. The van der Waals surface area contributed by atoms with E-state index in [0.29, 0.717) is 6.42 Å². The Morgan fingerprint density at radius 1 is 1.06 bits per heavy atom. The van der Waals surface area contributed by atoms with Gasteiger partial charge < -0.3 is 9.32 Å². The first-order valence-corrected chi connectivity index (χ1v) is 10.7. The molecule has 4 rings (SSSR count). The molecule has 0 spiro atoms. The average Bonchev–Trinajstić information content (AvgIpc) is 3.46. The molecule has 1 atom stereocenters. The highest BCUT2D eigenvalue weighted by Crippen LogP contribution is 2.33.